The first-order chi connectivity index (χ1) is 15.4. The molecule has 6 atom stereocenters. The average molecular weight is 462 g/mol. The highest BCUT2D eigenvalue weighted by molar-refractivity contribution is 8.02. The maximum Gasteiger partial charge on any atom is 0.248 e. The number of rotatable bonds is 8. The molecule has 8 nitrogen and oxygen atoms in total. The van der Waals surface area contributed by atoms with E-state index in [1.165, 1.54) is 0 Å². The quantitative estimate of drug-likeness (QED) is 0.507. The number of nitrogens with one attached hydrogen (secondary N) is 2. The normalized spacial score (nSPS) is 32.7. The third kappa shape index (κ3) is 3.46. The molecule has 0 saturated carbocycles. The Hall–Kier alpha value is -2.26. The minimum atomic E-state index is -0.666. The second-order valence-corrected chi connectivity index (χ2v) is 10.4. The molecule has 1 aromatic rings. The first-order valence-electron chi connectivity index (χ1n) is 11.1. The van der Waals surface area contributed by atoms with Crippen LogP contribution in [0.5, 0.6) is 5.75 Å². The topological polar surface area (TPSA) is 108 Å². The van der Waals surface area contributed by atoms with Crippen LogP contribution >= 0.6 is 11.8 Å². The Labute approximate surface area is 192 Å². The average Bonchev–Trinajstić information content (AvgIpc) is 3.38. The Morgan fingerprint density at radius 2 is 1.97 bits per heavy atom. The predicted molar refractivity (Wildman–Crippen MR) is 122 cm³/mol. The highest BCUT2D eigenvalue weighted by Crippen LogP contribution is 2.68. The number of thioether (sulfide) groups is 1. The van der Waals surface area contributed by atoms with Gasteiger partial charge in [0.25, 0.3) is 0 Å². The van der Waals surface area contributed by atoms with Gasteiger partial charge in [0.15, 0.2) is 0 Å². The molecule has 3 saturated heterocycles. The maximum absolute atomic E-state index is 13.7. The number of nitrogens with zero attached hydrogens (tertiary/aromatic N) is 1. The Morgan fingerprint density at radius 3 is 2.59 bits per heavy atom. The molecule has 3 aliphatic rings. The molecule has 3 aliphatic heterocycles. The molecule has 3 N–H and O–H groups in total. The molecule has 1 aromatic carbocycles. The van der Waals surface area contributed by atoms with E-state index >= 15 is 0 Å². The van der Waals surface area contributed by atoms with Gasteiger partial charge in [-0.1, -0.05) is 6.92 Å². The minimum absolute atomic E-state index is 0.0351. The second-order valence-electron chi connectivity index (χ2n) is 8.85. The van der Waals surface area contributed by atoms with Gasteiger partial charge in [0.2, 0.25) is 17.7 Å². The van der Waals surface area contributed by atoms with E-state index in [1.54, 1.807) is 55.1 Å². The molecule has 3 unspecified atom stereocenters. The summed E-state index contributed by atoms with van der Waals surface area (Å²) in [7, 11) is 3.18. The number of anilines is 1. The number of hydrogen-bond acceptors (Lipinski definition) is 6. The van der Waals surface area contributed by atoms with E-state index in [1.807, 2.05) is 0 Å². The standard InChI is InChI=1S/C23H31N3O5S/c1-13-12-16-17(20(28)24-2)18-22(30)26(10-4-5-11-27)19(23(13,18)32-16)21(29)25-14-6-8-15(31-3)9-7-14/h6-9,13,16-19,27H,4-5,10-12H2,1-3H3,(H,24,28)(H,25,29)/t13?,16-,17+,18+,19?,23?/m1/s1. The smallest absolute Gasteiger partial charge is 0.248 e. The first kappa shape index (κ1) is 22.9. The number of carbonyl (C=O) groups excluding carboxylic acids is 3. The van der Waals surface area contributed by atoms with Crippen molar-refractivity contribution in [3.05, 3.63) is 24.3 Å². The molecule has 3 amide bonds. The van der Waals surface area contributed by atoms with Crippen molar-refractivity contribution < 1.29 is 24.2 Å². The SMILES string of the molecule is CNC(=O)[C@@H]1[C@H]2C(=O)N(CCCCO)C(C(=O)Nc3ccc(OC)cc3)C23S[C@@H]1CC3C. The van der Waals surface area contributed by atoms with Crippen LogP contribution in [-0.4, -0.2) is 71.1 Å². The number of fused-ring (bicyclic) bond motifs is 1. The van der Waals surface area contributed by atoms with Gasteiger partial charge in [-0.15, -0.1) is 11.8 Å². The van der Waals surface area contributed by atoms with Crippen molar-refractivity contribution in [2.75, 3.05) is 32.6 Å². The summed E-state index contributed by atoms with van der Waals surface area (Å²) in [5.41, 5.74) is 0.631. The zero-order valence-corrected chi connectivity index (χ0v) is 19.5. The van der Waals surface area contributed by atoms with Crippen LogP contribution in [0.15, 0.2) is 24.3 Å². The van der Waals surface area contributed by atoms with Crippen LogP contribution in [-0.2, 0) is 14.4 Å². The van der Waals surface area contributed by atoms with Crippen molar-refractivity contribution in [2.45, 2.75) is 42.2 Å². The van der Waals surface area contributed by atoms with Gasteiger partial charge in [0.05, 0.1) is 23.7 Å². The van der Waals surface area contributed by atoms with Gasteiger partial charge in [0.1, 0.15) is 11.8 Å². The number of carbonyl (C=O) groups is 3. The van der Waals surface area contributed by atoms with Crippen molar-refractivity contribution in [1.82, 2.24) is 10.2 Å². The number of aliphatic hydroxyl groups is 1. The zero-order valence-electron chi connectivity index (χ0n) is 18.7. The summed E-state index contributed by atoms with van der Waals surface area (Å²) < 4.78 is 4.56. The van der Waals surface area contributed by atoms with E-state index < -0.39 is 22.6 Å². The zero-order chi connectivity index (χ0) is 23.0. The van der Waals surface area contributed by atoms with E-state index in [0.29, 0.717) is 30.8 Å². The van der Waals surface area contributed by atoms with Gasteiger partial charge in [-0.2, -0.15) is 0 Å². The molecule has 174 valence electrons. The van der Waals surface area contributed by atoms with E-state index in [2.05, 4.69) is 17.6 Å². The van der Waals surface area contributed by atoms with E-state index in [-0.39, 0.29) is 35.5 Å². The number of benzene rings is 1. The highest BCUT2D eigenvalue weighted by atomic mass is 32.2. The molecule has 2 bridgehead atoms. The van der Waals surface area contributed by atoms with Gasteiger partial charge in [-0.25, -0.2) is 0 Å². The Kier molecular flexibility index (Phi) is 6.40. The fourth-order valence-corrected chi connectivity index (χ4v) is 8.23. The summed E-state index contributed by atoms with van der Waals surface area (Å²) in [5, 5.41) is 15.0. The summed E-state index contributed by atoms with van der Waals surface area (Å²) in [6.07, 6.45) is 1.96. The minimum Gasteiger partial charge on any atom is -0.497 e. The third-order valence-corrected chi connectivity index (χ3v) is 9.28. The van der Waals surface area contributed by atoms with Crippen molar-refractivity contribution in [1.29, 1.82) is 0 Å². The van der Waals surface area contributed by atoms with Crippen LogP contribution in [0.1, 0.15) is 26.2 Å². The lowest BCUT2D eigenvalue weighted by Crippen LogP contribution is -2.55. The molecule has 3 fully saturated rings. The first-order valence-corrected chi connectivity index (χ1v) is 12.0. The number of unbranched alkanes of at least 4 members (excludes halogenated alkanes) is 1. The number of hydrogen-bond donors (Lipinski definition) is 3. The van der Waals surface area contributed by atoms with Gasteiger partial charge in [0, 0.05) is 31.1 Å². The maximum atomic E-state index is 13.7. The summed E-state index contributed by atoms with van der Waals surface area (Å²) in [4.78, 5) is 41.8. The van der Waals surface area contributed by atoms with Gasteiger partial charge in [-0.05, 0) is 49.4 Å². The third-order valence-electron chi connectivity index (χ3n) is 7.21. The summed E-state index contributed by atoms with van der Waals surface area (Å²) in [5.74, 6) is -0.589. The number of methoxy groups -OCH3 is 1. The molecule has 9 heteroatoms. The molecular formula is C23H31N3O5S. The summed E-state index contributed by atoms with van der Waals surface area (Å²) in [6.45, 7) is 2.52. The second kappa shape index (κ2) is 8.94. The predicted octanol–water partition coefficient (Wildman–Crippen LogP) is 1.49. The lowest BCUT2D eigenvalue weighted by atomic mass is 9.66. The molecule has 0 aromatic heterocycles. The van der Waals surface area contributed by atoms with Crippen molar-refractivity contribution in [2.24, 2.45) is 17.8 Å². The molecule has 1 spiro atoms. The van der Waals surface area contributed by atoms with Crippen LogP contribution in [0.3, 0.4) is 0 Å². The van der Waals surface area contributed by atoms with E-state index in [4.69, 9.17) is 4.74 Å². The summed E-state index contributed by atoms with van der Waals surface area (Å²) >= 11 is 1.66. The van der Waals surface area contributed by atoms with Gasteiger partial charge < -0.3 is 25.4 Å². The van der Waals surface area contributed by atoms with Crippen LogP contribution in [0.25, 0.3) is 0 Å². The number of ether oxygens (including phenoxy) is 1. The van der Waals surface area contributed by atoms with E-state index in [0.717, 1.165) is 6.42 Å². The largest absolute Gasteiger partial charge is 0.497 e. The lowest BCUT2D eigenvalue weighted by Gasteiger charge is -2.38. The number of likely N-dealkylation sites (tertiary alicyclic amines) is 1. The monoisotopic (exact) mass is 461 g/mol. The van der Waals surface area contributed by atoms with Crippen LogP contribution in [0.4, 0.5) is 5.69 Å². The Morgan fingerprint density at radius 1 is 1.25 bits per heavy atom. The van der Waals surface area contributed by atoms with Crippen LogP contribution in [0, 0.1) is 17.8 Å². The van der Waals surface area contributed by atoms with Crippen LogP contribution < -0.4 is 15.4 Å². The van der Waals surface area contributed by atoms with Gasteiger partial charge >= 0.3 is 0 Å². The highest BCUT2D eigenvalue weighted by Gasteiger charge is 2.75. The molecule has 0 radical (unpaired) electrons. The van der Waals surface area contributed by atoms with Crippen molar-refractivity contribution in [3.8, 4) is 5.75 Å². The van der Waals surface area contributed by atoms with Crippen LogP contribution in [0.2, 0.25) is 0 Å². The van der Waals surface area contributed by atoms with Gasteiger partial charge in [-0.3, -0.25) is 14.4 Å². The van der Waals surface area contributed by atoms with Crippen molar-refractivity contribution in [3.63, 3.8) is 0 Å². The number of amides is 3. The lowest BCUT2D eigenvalue weighted by molar-refractivity contribution is -0.139. The Bertz CT molecular complexity index is 894. The summed E-state index contributed by atoms with van der Waals surface area (Å²) in [6, 6.07) is 6.43. The van der Waals surface area contributed by atoms with E-state index in [9.17, 15) is 19.5 Å². The molecule has 3 heterocycles. The molecule has 0 aliphatic carbocycles. The molecular weight excluding hydrogens is 430 g/mol. The number of aliphatic hydroxyl groups excluding tert-OH is 1. The fraction of sp³-hybridized carbons (Fsp3) is 0.609. The van der Waals surface area contributed by atoms with Crippen molar-refractivity contribution >= 4 is 35.2 Å². The molecule has 4 rings (SSSR count). The fourth-order valence-electron chi connectivity index (χ4n) is 5.81. The molecule has 32 heavy (non-hydrogen) atoms. The Balaban J connectivity index is 1.68.